The Morgan fingerprint density at radius 2 is 1.95 bits per heavy atom. The maximum Gasteiger partial charge on any atom is 0.297 e. The monoisotopic (exact) mass is 307 g/mol. The van der Waals surface area contributed by atoms with Crippen LogP contribution < -0.4 is 0 Å². The molecule has 2 aromatic rings. The van der Waals surface area contributed by atoms with E-state index in [0.717, 1.165) is 24.2 Å². The van der Waals surface area contributed by atoms with Crippen LogP contribution >= 0.6 is 0 Å². The lowest BCUT2D eigenvalue weighted by molar-refractivity contribution is 0.293. The Morgan fingerprint density at radius 3 is 2.57 bits per heavy atom. The predicted molar refractivity (Wildman–Crippen MR) is 76.1 cm³/mol. The Morgan fingerprint density at radius 1 is 1.29 bits per heavy atom. The van der Waals surface area contributed by atoms with E-state index in [9.17, 15) is 8.42 Å². The minimum atomic E-state index is -3.77. The van der Waals surface area contributed by atoms with E-state index < -0.39 is 10.1 Å². The lowest BCUT2D eigenvalue weighted by atomic mass is 10.2. The summed E-state index contributed by atoms with van der Waals surface area (Å²) < 4.78 is 30.9. The predicted octanol–water partition coefficient (Wildman–Crippen LogP) is 1.91. The van der Waals surface area contributed by atoms with Crippen molar-refractivity contribution in [3.05, 3.63) is 41.5 Å². The third kappa shape index (κ3) is 3.14. The van der Waals surface area contributed by atoms with Crippen LogP contribution in [0.25, 0.3) is 0 Å². The lowest BCUT2D eigenvalue weighted by Crippen LogP contribution is -2.09. The van der Waals surface area contributed by atoms with Crippen molar-refractivity contribution in [1.29, 1.82) is 0 Å². The van der Waals surface area contributed by atoms with Gasteiger partial charge < -0.3 is 0 Å². The van der Waals surface area contributed by atoms with Gasteiger partial charge in [0.25, 0.3) is 10.1 Å². The number of aryl methyl sites for hydroxylation is 2. The zero-order valence-corrected chi connectivity index (χ0v) is 12.8. The number of hydrogen-bond acceptors (Lipinski definition) is 5. The Labute approximate surface area is 123 Å². The topological polar surface area (TPSA) is 74.1 Å². The summed E-state index contributed by atoms with van der Waals surface area (Å²) in [6, 6.07) is 6.56. The third-order valence-electron chi connectivity index (χ3n) is 3.46. The van der Waals surface area contributed by atoms with Gasteiger partial charge in [0.1, 0.15) is 6.61 Å². The van der Waals surface area contributed by atoms with Gasteiger partial charge in [0.05, 0.1) is 4.90 Å². The smallest absolute Gasteiger partial charge is 0.258 e. The molecule has 3 rings (SSSR count). The summed E-state index contributed by atoms with van der Waals surface area (Å²) >= 11 is 0. The van der Waals surface area contributed by atoms with E-state index >= 15 is 0 Å². The molecule has 1 aromatic carbocycles. The van der Waals surface area contributed by atoms with Gasteiger partial charge >= 0.3 is 0 Å². The highest BCUT2D eigenvalue weighted by molar-refractivity contribution is 7.86. The molecule has 0 radical (unpaired) electrons. The molecule has 0 unspecified atom stereocenters. The van der Waals surface area contributed by atoms with Crippen molar-refractivity contribution in [3.8, 4) is 0 Å². The van der Waals surface area contributed by atoms with Gasteiger partial charge in [-0.25, -0.2) is 4.98 Å². The van der Waals surface area contributed by atoms with Crippen LogP contribution in [0.5, 0.6) is 0 Å². The average molecular weight is 307 g/mol. The molecule has 0 bridgehead atoms. The third-order valence-corrected chi connectivity index (χ3v) is 4.74. The van der Waals surface area contributed by atoms with Gasteiger partial charge in [0.2, 0.25) is 0 Å². The van der Waals surface area contributed by atoms with Crippen molar-refractivity contribution in [2.75, 3.05) is 0 Å². The van der Waals surface area contributed by atoms with Crippen molar-refractivity contribution in [3.63, 3.8) is 0 Å². The summed E-state index contributed by atoms with van der Waals surface area (Å²) in [4.78, 5) is 4.50. The van der Waals surface area contributed by atoms with Crippen LogP contribution in [0.4, 0.5) is 0 Å². The summed E-state index contributed by atoms with van der Waals surface area (Å²) in [7, 11) is -2.02. The number of aromatic nitrogens is 3. The van der Waals surface area contributed by atoms with Crippen molar-refractivity contribution >= 4 is 10.1 Å². The second-order valence-corrected chi connectivity index (χ2v) is 6.93. The second kappa shape index (κ2) is 5.23. The van der Waals surface area contributed by atoms with Crippen LogP contribution in [0.3, 0.4) is 0 Å². The van der Waals surface area contributed by atoms with Gasteiger partial charge in [-0.05, 0) is 31.9 Å². The van der Waals surface area contributed by atoms with E-state index in [1.807, 2.05) is 6.92 Å². The van der Waals surface area contributed by atoms with E-state index in [2.05, 4.69) is 10.1 Å². The molecule has 1 aromatic heterocycles. The highest BCUT2D eigenvalue weighted by Gasteiger charge is 2.28. The number of benzene rings is 1. The van der Waals surface area contributed by atoms with Crippen molar-refractivity contribution in [2.45, 2.75) is 37.2 Å². The fourth-order valence-electron chi connectivity index (χ4n) is 1.98. The lowest BCUT2D eigenvalue weighted by Gasteiger charge is -2.05. The Hall–Kier alpha value is -1.73. The maximum absolute atomic E-state index is 12.1. The molecule has 1 aliphatic carbocycles. The van der Waals surface area contributed by atoms with Crippen molar-refractivity contribution in [1.82, 2.24) is 14.8 Å². The first-order valence-corrected chi connectivity index (χ1v) is 8.22. The standard InChI is InChI=1S/C14H17N3O3S/c1-10-3-7-12(8-4-10)21(18,19)20-9-13-15-14(11-5-6-11)16-17(13)2/h3-4,7-8,11H,5-6,9H2,1-2H3. The zero-order chi connectivity index (χ0) is 15.0. The van der Waals surface area contributed by atoms with Crippen LogP contribution in [-0.2, 0) is 28.0 Å². The summed E-state index contributed by atoms with van der Waals surface area (Å²) in [6.45, 7) is 1.79. The van der Waals surface area contributed by atoms with Gasteiger partial charge in [-0.3, -0.25) is 8.86 Å². The van der Waals surface area contributed by atoms with E-state index in [0.29, 0.717) is 11.7 Å². The molecule has 0 spiro atoms. The van der Waals surface area contributed by atoms with Crippen LogP contribution in [-0.4, -0.2) is 23.2 Å². The van der Waals surface area contributed by atoms with Gasteiger partial charge in [-0.1, -0.05) is 17.7 Å². The summed E-state index contributed by atoms with van der Waals surface area (Å²) in [5.41, 5.74) is 0.997. The second-order valence-electron chi connectivity index (χ2n) is 5.31. The van der Waals surface area contributed by atoms with Crippen LogP contribution in [0.1, 0.15) is 36.0 Å². The quantitative estimate of drug-likeness (QED) is 0.789. The summed E-state index contributed by atoms with van der Waals surface area (Å²) in [5, 5.41) is 4.29. The molecule has 0 N–H and O–H groups in total. The van der Waals surface area contributed by atoms with E-state index in [1.54, 1.807) is 23.9 Å². The first-order valence-electron chi connectivity index (χ1n) is 6.81. The van der Waals surface area contributed by atoms with E-state index in [-0.39, 0.29) is 11.5 Å². The molecule has 0 amide bonds. The molecule has 0 aliphatic heterocycles. The summed E-state index contributed by atoms with van der Waals surface area (Å²) in [6.07, 6.45) is 2.21. The van der Waals surface area contributed by atoms with Gasteiger partial charge in [0, 0.05) is 13.0 Å². The molecule has 7 heteroatoms. The highest BCUT2D eigenvalue weighted by Crippen LogP contribution is 2.38. The van der Waals surface area contributed by atoms with Crippen LogP contribution in [0.2, 0.25) is 0 Å². The largest absolute Gasteiger partial charge is 0.297 e. The van der Waals surface area contributed by atoms with Crippen LogP contribution in [0.15, 0.2) is 29.2 Å². The molecular weight excluding hydrogens is 290 g/mol. The van der Waals surface area contributed by atoms with Crippen LogP contribution in [0, 0.1) is 6.92 Å². The average Bonchev–Trinajstić information content (AvgIpc) is 3.22. The number of nitrogens with zero attached hydrogens (tertiary/aromatic N) is 3. The normalized spacial score (nSPS) is 15.3. The zero-order valence-electron chi connectivity index (χ0n) is 12.0. The molecule has 1 fully saturated rings. The fourth-order valence-corrected chi connectivity index (χ4v) is 2.85. The first-order chi connectivity index (χ1) is 9.95. The molecule has 1 heterocycles. The fraction of sp³-hybridized carbons (Fsp3) is 0.429. The van der Waals surface area contributed by atoms with Gasteiger partial charge in [-0.15, -0.1) is 0 Å². The Bertz CT molecular complexity index is 746. The maximum atomic E-state index is 12.1. The van der Waals surface area contributed by atoms with E-state index in [4.69, 9.17) is 4.18 Å². The number of rotatable bonds is 5. The van der Waals surface area contributed by atoms with Crippen molar-refractivity contribution in [2.24, 2.45) is 7.05 Å². The van der Waals surface area contributed by atoms with Crippen molar-refractivity contribution < 1.29 is 12.6 Å². The van der Waals surface area contributed by atoms with Gasteiger partial charge in [0.15, 0.2) is 11.6 Å². The molecule has 21 heavy (non-hydrogen) atoms. The van der Waals surface area contributed by atoms with Gasteiger partial charge in [-0.2, -0.15) is 13.5 Å². The highest BCUT2D eigenvalue weighted by atomic mass is 32.2. The SMILES string of the molecule is Cc1ccc(S(=O)(=O)OCc2nc(C3CC3)nn2C)cc1. The number of hydrogen-bond donors (Lipinski definition) is 0. The molecular formula is C14H17N3O3S. The molecule has 6 nitrogen and oxygen atoms in total. The molecule has 0 atom stereocenters. The molecule has 1 saturated carbocycles. The van der Waals surface area contributed by atoms with E-state index in [1.165, 1.54) is 12.1 Å². The minimum Gasteiger partial charge on any atom is -0.258 e. The molecule has 0 saturated heterocycles. The Balaban J connectivity index is 1.72. The minimum absolute atomic E-state index is 0.105. The summed E-state index contributed by atoms with van der Waals surface area (Å²) in [5.74, 6) is 1.73. The molecule has 112 valence electrons. The Kier molecular flexibility index (Phi) is 3.54. The first kappa shape index (κ1) is 14.2. The molecule has 1 aliphatic rings.